The number of pyridine rings is 1. The molecule has 0 bridgehead atoms. The summed E-state index contributed by atoms with van der Waals surface area (Å²) in [4.78, 5) is 22.8. The van der Waals surface area contributed by atoms with Gasteiger partial charge in [-0.25, -0.2) is 4.98 Å². The van der Waals surface area contributed by atoms with Crippen LogP contribution in [0, 0.1) is 5.92 Å². The fourth-order valence-corrected chi connectivity index (χ4v) is 3.49. The lowest BCUT2D eigenvalue weighted by molar-refractivity contribution is -0.129. The molecule has 2 aromatic heterocycles. The molecule has 0 saturated carbocycles. The molecule has 22 heavy (non-hydrogen) atoms. The third-order valence-corrected chi connectivity index (χ3v) is 4.99. The van der Waals surface area contributed by atoms with Gasteiger partial charge in [-0.05, 0) is 25.5 Å². The third kappa shape index (κ3) is 3.34. The minimum atomic E-state index is -0.353. The van der Waals surface area contributed by atoms with E-state index >= 15 is 0 Å². The summed E-state index contributed by atoms with van der Waals surface area (Å²) in [5.74, 6) is 0.288. The Morgan fingerprint density at radius 3 is 3.14 bits per heavy atom. The lowest BCUT2D eigenvalue weighted by Crippen LogP contribution is -2.31. The van der Waals surface area contributed by atoms with Crippen LogP contribution in [0.1, 0.15) is 19.0 Å². The van der Waals surface area contributed by atoms with E-state index < -0.39 is 0 Å². The molecule has 1 aliphatic rings. The number of rotatable bonds is 4. The van der Waals surface area contributed by atoms with Crippen molar-refractivity contribution in [2.75, 3.05) is 13.1 Å². The summed E-state index contributed by atoms with van der Waals surface area (Å²) in [5, 5.41) is 12.4. The summed E-state index contributed by atoms with van der Waals surface area (Å²) in [6.07, 6.45) is 4.35. The normalized spacial score (nSPS) is 19.4. The highest BCUT2D eigenvalue weighted by Crippen LogP contribution is 2.24. The molecule has 0 spiro atoms. The lowest BCUT2D eigenvalue weighted by Gasteiger charge is -2.17. The van der Waals surface area contributed by atoms with E-state index in [0.29, 0.717) is 13.0 Å². The van der Waals surface area contributed by atoms with Crippen molar-refractivity contribution in [1.29, 1.82) is 0 Å². The predicted octanol–water partition coefficient (Wildman–Crippen LogP) is 1.98. The maximum absolute atomic E-state index is 12.3. The maximum Gasteiger partial charge on any atom is 0.228 e. The minimum Gasteiger partial charge on any atom is -0.393 e. The van der Waals surface area contributed by atoms with Crippen LogP contribution in [-0.2, 0) is 11.2 Å². The first-order valence-corrected chi connectivity index (χ1v) is 8.32. The van der Waals surface area contributed by atoms with Crippen molar-refractivity contribution < 1.29 is 9.90 Å². The number of aliphatic hydroxyl groups is 1. The Hall–Kier alpha value is -1.79. The highest BCUT2D eigenvalue weighted by Gasteiger charge is 2.29. The molecule has 2 unspecified atom stereocenters. The van der Waals surface area contributed by atoms with Gasteiger partial charge in [0.15, 0.2) is 0 Å². The zero-order chi connectivity index (χ0) is 15.5. The number of nitrogens with zero attached hydrogens (tertiary/aromatic N) is 3. The standard InChI is InChI=1S/C16H19N3O2S/c1-11(20)13-4-6-19(9-13)15(21)7-14-10-22-16(18-14)12-3-2-5-17-8-12/h2-3,5,8,10-11,13,20H,4,6-7,9H2,1H3. The van der Waals surface area contributed by atoms with E-state index in [2.05, 4.69) is 9.97 Å². The van der Waals surface area contributed by atoms with Gasteiger partial charge in [0.2, 0.25) is 5.91 Å². The van der Waals surface area contributed by atoms with E-state index in [0.717, 1.165) is 29.2 Å². The summed E-state index contributed by atoms with van der Waals surface area (Å²) in [7, 11) is 0. The molecular weight excluding hydrogens is 298 g/mol. The molecule has 0 aliphatic carbocycles. The van der Waals surface area contributed by atoms with E-state index in [1.54, 1.807) is 19.3 Å². The van der Waals surface area contributed by atoms with Gasteiger partial charge < -0.3 is 10.0 Å². The van der Waals surface area contributed by atoms with Crippen LogP contribution in [0.3, 0.4) is 0 Å². The van der Waals surface area contributed by atoms with Crippen molar-refractivity contribution in [1.82, 2.24) is 14.9 Å². The number of aliphatic hydroxyl groups excluding tert-OH is 1. The Labute approximate surface area is 133 Å². The third-order valence-electron chi connectivity index (χ3n) is 4.05. The fraction of sp³-hybridized carbons (Fsp3) is 0.438. The zero-order valence-corrected chi connectivity index (χ0v) is 13.3. The molecule has 116 valence electrons. The largest absolute Gasteiger partial charge is 0.393 e. The molecule has 1 N–H and O–H groups in total. The van der Waals surface area contributed by atoms with Crippen LogP contribution in [0.15, 0.2) is 29.9 Å². The predicted molar refractivity (Wildman–Crippen MR) is 85.4 cm³/mol. The van der Waals surface area contributed by atoms with Gasteiger partial charge in [0.25, 0.3) is 0 Å². The van der Waals surface area contributed by atoms with Gasteiger partial charge in [0.1, 0.15) is 5.01 Å². The average Bonchev–Trinajstić information content (AvgIpc) is 3.17. The smallest absolute Gasteiger partial charge is 0.228 e. The molecule has 0 radical (unpaired) electrons. The van der Waals surface area contributed by atoms with Crippen molar-refractivity contribution in [3.8, 4) is 10.6 Å². The Morgan fingerprint density at radius 2 is 2.45 bits per heavy atom. The van der Waals surface area contributed by atoms with Crippen molar-refractivity contribution in [3.63, 3.8) is 0 Å². The summed E-state index contributed by atoms with van der Waals surface area (Å²) in [6, 6.07) is 3.84. The molecule has 1 saturated heterocycles. The van der Waals surface area contributed by atoms with Crippen LogP contribution >= 0.6 is 11.3 Å². The Balaban J connectivity index is 1.62. The number of thiazole rings is 1. The molecule has 2 aromatic rings. The second kappa shape index (κ2) is 6.54. The second-order valence-corrected chi connectivity index (χ2v) is 6.55. The van der Waals surface area contributed by atoms with Gasteiger partial charge >= 0.3 is 0 Å². The van der Waals surface area contributed by atoms with E-state index in [1.807, 2.05) is 22.4 Å². The number of hydrogen-bond acceptors (Lipinski definition) is 5. The minimum absolute atomic E-state index is 0.0891. The second-order valence-electron chi connectivity index (χ2n) is 5.69. The molecule has 1 aliphatic heterocycles. The zero-order valence-electron chi connectivity index (χ0n) is 12.5. The quantitative estimate of drug-likeness (QED) is 0.936. The Morgan fingerprint density at radius 1 is 1.59 bits per heavy atom. The molecule has 5 nitrogen and oxygen atoms in total. The highest BCUT2D eigenvalue weighted by atomic mass is 32.1. The molecule has 6 heteroatoms. The van der Waals surface area contributed by atoms with Crippen molar-refractivity contribution >= 4 is 17.2 Å². The molecule has 3 heterocycles. The van der Waals surface area contributed by atoms with Crippen molar-refractivity contribution in [2.24, 2.45) is 5.92 Å². The summed E-state index contributed by atoms with van der Waals surface area (Å²) in [6.45, 7) is 3.17. The van der Waals surface area contributed by atoms with E-state index in [4.69, 9.17) is 0 Å². The van der Waals surface area contributed by atoms with E-state index in [-0.39, 0.29) is 17.9 Å². The van der Waals surface area contributed by atoms with Crippen LogP contribution in [0.5, 0.6) is 0 Å². The topological polar surface area (TPSA) is 66.3 Å². The number of hydrogen-bond donors (Lipinski definition) is 1. The highest BCUT2D eigenvalue weighted by molar-refractivity contribution is 7.13. The monoisotopic (exact) mass is 317 g/mol. The first-order chi connectivity index (χ1) is 10.6. The number of carbonyl (C=O) groups is 1. The molecule has 1 amide bonds. The Kier molecular flexibility index (Phi) is 4.49. The average molecular weight is 317 g/mol. The number of carbonyl (C=O) groups excluding carboxylic acids is 1. The number of aromatic nitrogens is 2. The van der Waals surface area contributed by atoms with Crippen LogP contribution < -0.4 is 0 Å². The van der Waals surface area contributed by atoms with Crippen LogP contribution in [0.25, 0.3) is 10.6 Å². The lowest BCUT2D eigenvalue weighted by atomic mass is 10.0. The van der Waals surface area contributed by atoms with Gasteiger partial charge in [-0.2, -0.15) is 0 Å². The Bertz CT molecular complexity index is 642. The van der Waals surface area contributed by atoms with Crippen LogP contribution in [-0.4, -0.2) is 45.1 Å². The van der Waals surface area contributed by atoms with E-state index in [9.17, 15) is 9.90 Å². The molecule has 0 aromatic carbocycles. The van der Waals surface area contributed by atoms with E-state index in [1.165, 1.54) is 11.3 Å². The van der Waals surface area contributed by atoms with Gasteiger partial charge in [-0.15, -0.1) is 11.3 Å². The van der Waals surface area contributed by atoms with Gasteiger partial charge in [-0.1, -0.05) is 0 Å². The first-order valence-electron chi connectivity index (χ1n) is 7.44. The fourth-order valence-electron chi connectivity index (χ4n) is 2.68. The number of likely N-dealkylation sites (tertiary alicyclic amines) is 1. The molecular formula is C16H19N3O2S. The van der Waals surface area contributed by atoms with Crippen molar-refractivity contribution in [3.05, 3.63) is 35.6 Å². The maximum atomic E-state index is 12.3. The van der Waals surface area contributed by atoms with Gasteiger partial charge in [-0.3, -0.25) is 9.78 Å². The summed E-state index contributed by atoms with van der Waals surface area (Å²) >= 11 is 1.53. The SMILES string of the molecule is CC(O)C1CCN(C(=O)Cc2csc(-c3cccnc3)n2)C1. The summed E-state index contributed by atoms with van der Waals surface area (Å²) in [5.41, 5.74) is 1.77. The first kappa shape index (κ1) is 15.1. The van der Waals surface area contributed by atoms with Gasteiger partial charge in [0.05, 0.1) is 18.2 Å². The molecule has 3 rings (SSSR count). The van der Waals surface area contributed by atoms with Gasteiger partial charge in [0, 0.05) is 42.3 Å². The molecule has 1 fully saturated rings. The van der Waals surface area contributed by atoms with Crippen molar-refractivity contribution in [2.45, 2.75) is 25.9 Å². The summed E-state index contributed by atoms with van der Waals surface area (Å²) < 4.78 is 0. The number of amides is 1. The molecule has 2 atom stereocenters. The van der Waals surface area contributed by atoms with Crippen LogP contribution in [0.4, 0.5) is 0 Å². The van der Waals surface area contributed by atoms with Crippen LogP contribution in [0.2, 0.25) is 0 Å².